The van der Waals surface area contributed by atoms with Crippen molar-refractivity contribution in [2.24, 2.45) is 0 Å². The lowest BCUT2D eigenvalue weighted by atomic mass is 10.1. The molecule has 2 saturated carbocycles. The second-order valence-corrected chi connectivity index (χ2v) is 8.37. The summed E-state index contributed by atoms with van der Waals surface area (Å²) in [7, 11) is 1.80. The third-order valence-corrected chi connectivity index (χ3v) is 5.74. The number of nitrogens with one attached hydrogen (secondary N) is 2. The van der Waals surface area contributed by atoms with Crippen molar-refractivity contribution in [3.05, 3.63) is 36.2 Å². The van der Waals surface area contributed by atoms with Crippen LogP contribution in [0.4, 0.5) is 17.3 Å². The van der Waals surface area contributed by atoms with E-state index >= 15 is 0 Å². The molecule has 0 amide bonds. The van der Waals surface area contributed by atoms with E-state index in [0.29, 0.717) is 48.0 Å². The molecule has 0 bridgehead atoms. The van der Waals surface area contributed by atoms with Crippen molar-refractivity contribution < 1.29 is 14.6 Å². The van der Waals surface area contributed by atoms with Gasteiger partial charge in [0.15, 0.2) is 11.4 Å². The van der Waals surface area contributed by atoms with Crippen LogP contribution in [-0.2, 0) is 0 Å². The van der Waals surface area contributed by atoms with Crippen LogP contribution < -0.4 is 15.4 Å². The molecule has 3 N–H and O–H groups in total. The van der Waals surface area contributed by atoms with Crippen LogP contribution in [0.2, 0.25) is 0 Å². The zero-order chi connectivity index (χ0) is 21.4. The largest absolute Gasteiger partial charge is 0.473 e. The minimum atomic E-state index is -0.542. The number of pyridine rings is 1. The number of hydrogen-bond acceptors (Lipinski definition) is 8. The molecule has 2 aliphatic carbocycles. The maximum absolute atomic E-state index is 12.8. The Morgan fingerprint density at radius 3 is 2.97 bits per heavy atom. The predicted octanol–water partition coefficient (Wildman–Crippen LogP) is 3.33. The molecule has 9 heteroatoms. The Bertz CT molecular complexity index is 1120. The van der Waals surface area contributed by atoms with Gasteiger partial charge in [0.1, 0.15) is 23.4 Å². The van der Waals surface area contributed by atoms with Gasteiger partial charge in [-0.3, -0.25) is 4.79 Å². The van der Waals surface area contributed by atoms with E-state index in [1.807, 2.05) is 18.2 Å². The van der Waals surface area contributed by atoms with Crippen molar-refractivity contribution in [3.8, 4) is 5.88 Å². The lowest BCUT2D eigenvalue weighted by molar-refractivity contribution is 0.0962. The first-order valence-electron chi connectivity index (χ1n) is 10.8. The summed E-state index contributed by atoms with van der Waals surface area (Å²) in [6.07, 6.45) is 8.92. The number of aromatic nitrogens is 4. The Kier molecular flexibility index (Phi) is 4.97. The fourth-order valence-electron chi connectivity index (χ4n) is 3.57. The van der Waals surface area contributed by atoms with Gasteiger partial charge in [0.25, 0.3) is 0 Å². The number of fused-ring (bicyclic) bond motifs is 1. The van der Waals surface area contributed by atoms with E-state index in [1.165, 1.54) is 0 Å². The number of nitrogens with zero attached hydrogens (tertiary/aromatic N) is 4. The first kappa shape index (κ1) is 19.7. The first-order valence-corrected chi connectivity index (χ1v) is 10.8. The Morgan fingerprint density at radius 2 is 2.23 bits per heavy atom. The van der Waals surface area contributed by atoms with Crippen molar-refractivity contribution in [1.29, 1.82) is 0 Å². The summed E-state index contributed by atoms with van der Waals surface area (Å²) >= 11 is 0. The molecule has 31 heavy (non-hydrogen) atoms. The smallest absolute Gasteiger partial charge is 0.238 e. The quantitative estimate of drug-likeness (QED) is 0.426. The molecule has 3 aromatic rings. The summed E-state index contributed by atoms with van der Waals surface area (Å²) < 4.78 is 7.51. The number of ketones is 1. The van der Waals surface area contributed by atoms with E-state index in [0.717, 1.165) is 31.4 Å². The highest BCUT2D eigenvalue weighted by atomic mass is 16.5. The number of hydrogen-bond donors (Lipinski definition) is 3. The molecule has 3 heterocycles. The van der Waals surface area contributed by atoms with E-state index in [9.17, 15) is 9.90 Å². The highest BCUT2D eigenvalue weighted by molar-refractivity contribution is 6.01. The van der Waals surface area contributed by atoms with Crippen molar-refractivity contribution in [3.63, 3.8) is 0 Å². The molecular weight excluding hydrogens is 396 g/mol. The molecule has 0 unspecified atom stereocenters. The van der Waals surface area contributed by atoms with Gasteiger partial charge in [-0.05, 0) is 50.7 Å². The van der Waals surface area contributed by atoms with Gasteiger partial charge < -0.3 is 20.5 Å². The molecule has 3 aromatic heterocycles. The fraction of sp³-hybridized carbons (Fsp3) is 0.455. The van der Waals surface area contributed by atoms with Crippen molar-refractivity contribution in [2.75, 3.05) is 17.7 Å². The zero-order valence-corrected chi connectivity index (χ0v) is 17.5. The second-order valence-electron chi connectivity index (χ2n) is 8.37. The maximum Gasteiger partial charge on any atom is 0.238 e. The van der Waals surface area contributed by atoms with E-state index in [1.54, 1.807) is 24.0 Å². The highest BCUT2D eigenvalue weighted by Crippen LogP contribution is 2.39. The van der Waals surface area contributed by atoms with Crippen LogP contribution in [0, 0.1) is 0 Å². The normalized spacial score (nSPS) is 16.8. The van der Waals surface area contributed by atoms with Gasteiger partial charge >= 0.3 is 0 Å². The summed E-state index contributed by atoms with van der Waals surface area (Å²) in [4.78, 5) is 21.8. The van der Waals surface area contributed by atoms with Crippen LogP contribution >= 0.6 is 0 Å². The van der Waals surface area contributed by atoms with E-state index < -0.39 is 5.60 Å². The molecule has 0 aliphatic heterocycles. The molecule has 5 rings (SSSR count). The molecule has 2 fully saturated rings. The monoisotopic (exact) mass is 422 g/mol. The number of aliphatic hydroxyl groups is 1. The Morgan fingerprint density at radius 1 is 1.39 bits per heavy atom. The van der Waals surface area contributed by atoms with Crippen LogP contribution in [0.1, 0.15) is 55.3 Å². The topological polar surface area (TPSA) is 114 Å². The summed E-state index contributed by atoms with van der Waals surface area (Å²) in [6.45, 7) is 0. The molecule has 0 atom stereocenters. The molecule has 0 saturated heterocycles. The number of Topliss-reactive ketones (excluding diaryl/α,β-unsaturated/α-hetero) is 1. The summed E-state index contributed by atoms with van der Waals surface area (Å²) in [5.41, 5.74) is 1.14. The van der Waals surface area contributed by atoms with Gasteiger partial charge in [0, 0.05) is 25.7 Å². The zero-order valence-electron chi connectivity index (χ0n) is 17.5. The summed E-state index contributed by atoms with van der Waals surface area (Å²) in [6, 6.07) is 5.55. The minimum absolute atomic E-state index is 0.0231. The molecule has 162 valence electrons. The van der Waals surface area contributed by atoms with Crippen LogP contribution in [0.25, 0.3) is 5.65 Å². The van der Waals surface area contributed by atoms with Crippen LogP contribution in [-0.4, -0.2) is 49.2 Å². The van der Waals surface area contributed by atoms with Crippen LogP contribution in [0.3, 0.4) is 0 Å². The van der Waals surface area contributed by atoms with Gasteiger partial charge in [-0.2, -0.15) is 9.61 Å². The average molecular weight is 422 g/mol. The molecule has 0 aromatic carbocycles. The average Bonchev–Trinajstić information content (AvgIpc) is 3.68. The maximum atomic E-state index is 12.8. The third kappa shape index (κ3) is 4.32. The van der Waals surface area contributed by atoms with Gasteiger partial charge in [-0.1, -0.05) is 0 Å². The van der Waals surface area contributed by atoms with Crippen LogP contribution in [0.15, 0.2) is 30.6 Å². The summed E-state index contributed by atoms with van der Waals surface area (Å²) in [5.74, 6) is 1.78. The van der Waals surface area contributed by atoms with Gasteiger partial charge in [-0.15, -0.1) is 0 Å². The molecule has 0 radical (unpaired) electrons. The van der Waals surface area contributed by atoms with Gasteiger partial charge in [0.2, 0.25) is 5.88 Å². The molecular formula is C22H26N6O3. The van der Waals surface area contributed by atoms with Crippen molar-refractivity contribution in [1.82, 2.24) is 19.6 Å². The number of anilines is 3. The van der Waals surface area contributed by atoms with Crippen molar-refractivity contribution >= 4 is 28.8 Å². The lowest BCUT2D eigenvalue weighted by Crippen LogP contribution is -2.09. The molecule has 0 spiro atoms. The Balaban J connectivity index is 1.40. The third-order valence-electron chi connectivity index (χ3n) is 5.74. The lowest BCUT2D eigenvalue weighted by Gasteiger charge is -2.13. The van der Waals surface area contributed by atoms with Crippen LogP contribution in [0.5, 0.6) is 5.88 Å². The minimum Gasteiger partial charge on any atom is -0.473 e. The highest BCUT2D eigenvalue weighted by Gasteiger charge is 2.39. The van der Waals surface area contributed by atoms with E-state index in [-0.39, 0.29) is 11.9 Å². The Labute approximate surface area is 179 Å². The number of carbonyl (C=O) groups excluding carboxylic acids is 1. The fourth-order valence-corrected chi connectivity index (χ4v) is 3.57. The van der Waals surface area contributed by atoms with E-state index in [2.05, 4.69) is 25.7 Å². The molecule has 9 nitrogen and oxygen atoms in total. The number of carbonyl (C=O) groups is 1. The first-order chi connectivity index (χ1) is 15.0. The summed E-state index contributed by atoms with van der Waals surface area (Å²) in [5, 5.41) is 20.7. The van der Waals surface area contributed by atoms with Gasteiger partial charge in [-0.25, -0.2) is 9.97 Å². The number of ether oxygens (including phenoxy) is 1. The predicted molar refractivity (Wildman–Crippen MR) is 116 cm³/mol. The second kappa shape index (κ2) is 7.81. The van der Waals surface area contributed by atoms with Crippen molar-refractivity contribution in [2.45, 2.75) is 56.7 Å². The number of rotatable bonds is 10. The Hall–Kier alpha value is -3.20. The van der Waals surface area contributed by atoms with Gasteiger partial charge in [0.05, 0.1) is 17.4 Å². The standard InChI is InChI=1S/C22H26N6O3/c1-23-19-12-18(26-16-4-3-11-24-21(16)31-14-6-7-14)27-20-15(13-25-28(19)20)17(29)5-2-8-22(30)9-10-22/h3-4,11-14,23,30H,2,5-10H2,1H3,(H,26,27). The molecule has 2 aliphatic rings. The van der Waals surface area contributed by atoms with E-state index in [4.69, 9.17) is 4.74 Å². The SMILES string of the molecule is CNc1cc(Nc2cccnc2OC2CC2)nc2c(C(=O)CCCC3(O)CC3)cnn12.